The van der Waals surface area contributed by atoms with Gasteiger partial charge in [0.15, 0.2) is 0 Å². The van der Waals surface area contributed by atoms with Gasteiger partial charge < -0.3 is 15.5 Å². The molecule has 0 aliphatic carbocycles. The van der Waals surface area contributed by atoms with Gasteiger partial charge in [0.1, 0.15) is 0 Å². The SMILES string of the molecule is Cc1ccc(NCC(=O)Nc2ccc(C(=O)N3CCCCC3)cc2)cc1. The highest BCUT2D eigenvalue weighted by atomic mass is 16.2. The summed E-state index contributed by atoms with van der Waals surface area (Å²) in [6.45, 7) is 3.89. The molecule has 0 atom stereocenters. The third-order valence-electron chi connectivity index (χ3n) is 4.56. The lowest BCUT2D eigenvalue weighted by molar-refractivity contribution is -0.114. The molecule has 0 radical (unpaired) electrons. The van der Waals surface area contributed by atoms with E-state index >= 15 is 0 Å². The molecule has 0 saturated carbocycles. The third-order valence-corrected chi connectivity index (χ3v) is 4.56. The van der Waals surface area contributed by atoms with Crippen LogP contribution in [-0.2, 0) is 4.79 Å². The van der Waals surface area contributed by atoms with Crippen LogP contribution in [0.1, 0.15) is 35.2 Å². The van der Waals surface area contributed by atoms with Crippen LogP contribution in [-0.4, -0.2) is 36.3 Å². The molecule has 0 aromatic heterocycles. The lowest BCUT2D eigenvalue weighted by Crippen LogP contribution is -2.35. The monoisotopic (exact) mass is 351 g/mol. The molecular weight excluding hydrogens is 326 g/mol. The number of carbonyl (C=O) groups excluding carboxylic acids is 2. The van der Waals surface area contributed by atoms with Crippen LogP contribution in [0.2, 0.25) is 0 Å². The second-order valence-corrected chi connectivity index (χ2v) is 6.70. The maximum Gasteiger partial charge on any atom is 0.253 e. The molecule has 1 saturated heterocycles. The van der Waals surface area contributed by atoms with Crippen molar-refractivity contribution < 1.29 is 9.59 Å². The predicted molar refractivity (Wildman–Crippen MR) is 104 cm³/mol. The molecule has 1 aliphatic heterocycles. The molecule has 136 valence electrons. The van der Waals surface area contributed by atoms with Gasteiger partial charge in [-0.05, 0) is 62.6 Å². The van der Waals surface area contributed by atoms with Gasteiger partial charge in [0.2, 0.25) is 5.91 Å². The fourth-order valence-corrected chi connectivity index (χ4v) is 3.03. The summed E-state index contributed by atoms with van der Waals surface area (Å²) in [5.74, 6) is -0.0516. The minimum absolute atomic E-state index is 0.0728. The Balaban J connectivity index is 1.50. The van der Waals surface area contributed by atoms with Gasteiger partial charge in [-0.1, -0.05) is 17.7 Å². The molecule has 0 bridgehead atoms. The first kappa shape index (κ1) is 18.0. The van der Waals surface area contributed by atoms with Gasteiger partial charge in [0, 0.05) is 30.0 Å². The Kier molecular flexibility index (Phi) is 5.89. The number of piperidine rings is 1. The van der Waals surface area contributed by atoms with Crippen molar-refractivity contribution in [2.45, 2.75) is 26.2 Å². The number of hydrogen-bond acceptors (Lipinski definition) is 3. The number of anilines is 2. The van der Waals surface area contributed by atoms with Crippen LogP contribution in [0.3, 0.4) is 0 Å². The highest BCUT2D eigenvalue weighted by Gasteiger charge is 2.17. The first-order valence-electron chi connectivity index (χ1n) is 9.11. The van der Waals surface area contributed by atoms with E-state index in [0.29, 0.717) is 11.3 Å². The highest BCUT2D eigenvalue weighted by Crippen LogP contribution is 2.15. The predicted octanol–water partition coefficient (Wildman–Crippen LogP) is 3.67. The van der Waals surface area contributed by atoms with Gasteiger partial charge in [-0.3, -0.25) is 9.59 Å². The zero-order valence-corrected chi connectivity index (χ0v) is 15.1. The Labute approximate surface area is 154 Å². The van der Waals surface area contributed by atoms with E-state index in [0.717, 1.165) is 31.6 Å². The minimum atomic E-state index is -0.124. The Bertz CT molecular complexity index is 748. The molecule has 1 heterocycles. The summed E-state index contributed by atoms with van der Waals surface area (Å²) < 4.78 is 0. The number of hydrogen-bond donors (Lipinski definition) is 2. The van der Waals surface area contributed by atoms with Gasteiger partial charge in [0.25, 0.3) is 5.91 Å². The number of likely N-dealkylation sites (tertiary alicyclic amines) is 1. The summed E-state index contributed by atoms with van der Waals surface area (Å²) in [5, 5.41) is 5.93. The smallest absolute Gasteiger partial charge is 0.253 e. The zero-order chi connectivity index (χ0) is 18.4. The number of nitrogens with zero attached hydrogens (tertiary/aromatic N) is 1. The fraction of sp³-hybridized carbons (Fsp3) is 0.333. The number of nitrogens with one attached hydrogen (secondary N) is 2. The van der Waals surface area contributed by atoms with Crippen LogP contribution in [0.5, 0.6) is 0 Å². The molecule has 2 N–H and O–H groups in total. The summed E-state index contributed by atoms with van der Waals surface area (Å²) in [6.07, 6.45) is 3.35. The molecule has 0 spiro atoms. The van der Waals surface area contributed by atoms with E-state index in [4.69, 9.17) is 0 Å². The van der Waals surface area contributed by atoms with Crippen LogP contribution in [0, 0.1) is 6.92 Å². The van der Waals surface area contributed by atoms with Crippen molar-refractivity contribution in [1.29, 1.82) is 0 Å². The Morgan fingerprint density at radius 3 is 2.15 bits per heavy atom. The number of amides is 2. The number of aryl methyl sites for hydroxylation is 1. The largest absolute Gasteiger partial charge is 0.376 e. The van der Waals surface area contributed by atoms with Crippen LogP contribution in [0.4, 0.5) is 11.4 Å². The highest BCUT2D eigenvalue weighted by molar-refractivity contribution is 5.96. The van der Waals surface area contributed by atoms with Crippen molar-refractivity contribution in [2.24, 2.45) is 0 Å². The van der Waals surface area contributed by atoms with Gasteiger partial charge in [-0.25, -0.2) is 0 Å². The molecule has 0 unspecified atom stereocenters. The number of rotatable bonds is 5. The molecule has 2 aromatic rings. The van der Waals surface area contributed by atoms with Crippen molar-refractivity contribution >= 4 is 23.2 Å². The quantitative estimate of drug-likeness (QED) is 0.864. The third kappa shape index (κ3) is 4.85. The Morgan fingerprint density at radius 2 is 1.50 bits per heavy atom. The average Bonchev–Trinajstić information content (AvgIpc) is 2.68. The zero-order valence-electron chi connectivity index (χ0n) is 15.1. The summed E-state index contributed by atoms with van der Waals surface area (Å²) in [6, 6.07) is 15.0. The molecular formula is C21H25N3O2. The number of carbonyl (C=O) groups is 2. The molecule has 26 heavy (non-hydrogen) atoms. The average molecular weight is 351 g/mol. The van der Waals surface area contributed by atoms with Crippen molar-refractivity contribution in [2.75, 3.05) is 30.3 Å². The Morgan fingerprint density at radius 1 is 0.885 bits per heavy atom. The van der Waals surface area contributed by atoms with Gasteiger partial charge in [-0.2, -0.15) is 0 Å². The lowest BCUT2D eigenvalue weighted by Gasteiger charge is -2.26. The van der Waals surface area contributed by atoms with Crippen LogP contribution in [0.15, 0.2) is 48.5 Å². The van der Waals surface area contributed by atoms with E-state index in [-0.39, 0.29) is 18.4 Å². The van der Waals surface area contributed by atoms with Crippen molar-refractivity contribution in [3.63, 3.8) is 0 Å². The lowest BCUT2D eigenvalue weighted by atomic mass is 10.1. The van der Waals surface area contributed by atoms with Crippen LogP contribution < -0.4 is 10.6 Å². The summed E-state index contributed by atoms with van der Waals surface area (Å²) in [5.41, 5.74) is 3.45. The normalized spacial score (nSPS) is 14.0. The summed E-state index contributed by atoms with van der Waals surface area (Å²) in [4.78, 5) is 26.4. The minimum Gasteiger partial charge on any atom is -0.376 e. The molecule has 5 heteroatoms. The standard InChI is InChI=1S/C21H25N3O2/c1-16-5-9-18(10-6-16)22-15-20(25)23-19-11-7-17(8-12-19)21(26)24-13-3-2-4-14-24/h5-12,22H,2-4,13-15H2,1H3,(H,23,25). The van der Waals surface area contributed by atoms with E-state index in [1.54, 1.807) is 24.3 Å². The molecule has 3 rings (SSSR count). The molecule has 2 amide bonds. The van der Waals surface area contributed by atoms with E-state index < -0.39 is 0 Å². The van der Waals surface area contributed by atoms with Crippen LogP contribution >= 0.6 is 0 Å². The first-order valence-corrected chi connectivity index (χ1v) is 9.11. The second kappa shape index (κ2) is 8.52. The van der Waals surface area contributed by atoms with E-state index in [1.807, 2.05) is 36.1 Å². The molecule has 2 aromatic carbocycles. The van der Waals surface area contributed by atoms with E-state index in [2.05, 4.69) is 10.6 Å². The van der Waals surface area contributed by atoms with E-state index in [1.165, 1.54) is 12.0 Å². The number of benzene rings is 2. The molecule has 1 fully saturated rings. The molecule has 1 aliphatic rings. The van der Waals surface area contributed by atoms with Crippen LogP contribution in [0.25, 0.3) is 0 Å². The van der Waals surface area contributed by atoms with E-state index in [9.17, 15) is 9.59 Å². The maximum atomic E-state index is 12.4. The first-order chi connectivity index (χ1) is 12.6. The van der Waals surface area contributed by atoms with Crippen molar-refractivity contribution in [3.8, 4) is 0 Å². The van der Waals surface area contributed by atoms with Crippen molar-refractivity contribution in [1.82, 2.24) is 4.90 Å². The Hall–Kier alpha value is -2.82. The second-order valence-electron chi connectivity index (χ2n) is 6.70. The van der Waals surface area contributed by atoms with Gasteiger partial charge in [0.05, 0.1) is 6.54 Å². The summed E-state index contributed by atoms with van der Waals surface area (Å²) in [7, 11) is 0. The van der Waals surface area contributed by atoms with Gasteiger partial charge in [-0.15, -0.1) is 0 Å². The van der Waals surface area contributed by atoms with Gasteiger partial charge >= 0.3 is 0 Å². The topological polar surface area (TPSA) is 61.4 Å². The molecule has 5 nitrogen and oxygen atoms in total. The summed E-state index contributed by atoms with van der Waals surface area (Å²) >= 11 is 0. The fourth-order valence-electron chi connectivity index (χ4n) is 3.03. The maximum absolute atomic E-state index is 12.4. The van der Waals surface area contributed by atoms with Crippen molar-refractivity contribution in [3.05, 3.63) is 59.7 Å².